The molecule has 0 saturated carbocycles. The topological polar surface area (TPSA) is 21.3 Å². The van der Waals surface area contributed by atoms with Crippen LogP contribution in [0.15, 0.2) is 34.8 Å². The number of rotatable bonds is 5. The summed E-state index contributed by atoms with van der Waals surface area (Å²) in [6.45, 7) is 3.99. The number of nitrogens with one attached hydrogen (secondary N) is 1. The van der Waals surface area contributed by atoms with Gasteiger partial charge in [0.15, 0.2) is 0 Å². The van der Waals surface area contributed by atoms with Crippen LogP contribution in [0.2, 0.25) is 0 Å². The van der Waals surface area contributed by atoms with Crippen molar-refractivity contribution in [1.29, 1.82) is 0 Å². The van der Waals surface area contributed by atoms with E-state index in [2.05, 4.69) is 46.4 Å². The van der Waals surface area contributed by atoms with Crippen molar-refractivity contribution in [3.63, 3.8) is 0 Å². The van der Waals surface area contributed by atoms with Gasteiger partial charge < -0.3 is 10.1 Å². The Balaban J connectivity index is 1.76. The average Bonchev–Trinajstić information content (AvgIpc) is 2.70. The van der Waals surface area contributed by atoms with Crippen molar-refractivity contribution in [1.82, 2.24) is 5.32 Å². The predicted octanol–water partition coefficient (Wildman–Crippen LogP) is 3.31. The van der Waals surface area contributed by atoms with Crippen molar-refractivity contribution in [3.8, 4) is 5.75 Å². The Bertz CT molecular complexity index is 403. The first kappa shape index (κ1) is 12.7. The predicted molar refractivity (Wildman–Crippen MR) is 74.6 cm³/mol. The van der Waals surface area contributed by atoms with Gasteiger partial charge in [0.05, 0.1) is 0 Å². The summed E-state index contributed by atoms with van der Waals surface area (Å²) >= 11 is 3.49. The lowest BCUT2D eigenvalue weighted by Crippen LogP contribution is -2.30. The summed E-state index contributed by atoms with van der Waals surface area (Å²) < 4.78 is 6.99. The standard InChI is InChI=1S/C14H18BrNO/c1-2-3-4-7-16-10-13-9-11-8-12(15)5-6-14(11)17-13/h2-3,5-6,8,13,16H,4,7,9-10H2,1H3/b3-2+. The zero-order valence-corrected chi connectivity index (χ0v) is 11.7. The Morgan fingerprint density at radius 1 is 1.53 bits per heavy atom. The van der Waals surface area contributed by atoms with Crippen molar-refractivity contribution < 1.29 is 4.74 Å². The van der Waals surface area contributed by atoms with Crippen LogP contribution in [0.1, 0.15) is 18.9 Å². The molecule has 17 heavy (non-hydrogen) atoms. The quantitative estimate of drug-likeness (QED) is 0.665. The molecule has 1 unspecified atom stereocenters. The monoisotopic (exact) mass is 295 g/mol. The van der Waals surface area contributed by atoms with Crippen LogP contribution in [-0.4, -0.2) is 19.2 Å². The molecular weight excluding hydrogens is 278 g/mol. The molecule has 0 spiro atoms. The van der Waals surface area contributed by atoms with Crippen molar-refractivity contribution in [2.75, 3.05) is 13.1 Å². The lowest BCUT2D eigenvalue weighted by Gasteiger charge is -2.11. The highest BCUT2D eigenvalue weighted by molar-refractivity contribution is 9.10. The molecule has 2 nitrogen and oxygen atoms in total. The van der Waals surface area contributed by atoms with Crippen LogP contribution in [0.3, 0.4) is 0 Å². The van der Waals surface area contributed by atoms with E-state index < -0.39 is 0 Å². The van der Waals surface area contributed by atoms with E-state index in [9.17, 15) is 0 Å². The Labute approximate surface area is 111 Å². The second-order valence-corrected chi connectivity index (χ2v) is 5.17. The second-order valence-electron chi connectivity index (χ2n) is 4.26. The number of ether oxygens (including phenoxy) is 1. The van der Waals surface area contributed by atoms with Crippen LogP contribution >= 0.6 is 15.9 Å². The highest BCUT2D eigenvalue weighted by Crippen LogP contribution is 2.30. The third-order valence-corrected chi connectivity index (χ3v) is 3.35. The Morgan fingerprint density at radius 2 is 2.41 bits per heavy atom. The molecule has 1 aliphatic rings. The summed E-state index contributed by atoms with van der Waals surface area (Å²) in [7, 11) is 0. The molecule has 92 valence electrons. The molecule has 0 fully saturated rings. The van der Waals surface area contributed by atoms with Crippen LogP contribution in [0, 0.1) is 0 Å². The largest absolute Gasteiger partial charge is 0.488 e. The molecular formula is C14H18BrNO. The van der Waals surface area contributed by atoms with Gasteiger partial charge in [-0.15, -0.1) is 0 Å². The minimum Gasteiger partial charge on any atom is -0.488 e. The molecule has 1 N–H and O–H groups in total. The number of fused-ring (bicyclic) bond motifs is 1. The van der Waals surface area contributed by atoms with Crippen molar-refractivity contribution in [3.05, 3.63) is 40.4 Å². The van der Waals surface area contributed by atoms with E-state index in [0.717, 1.165) is 36.2 Å². The second kappa shape index (κ2) is 6.22. The maximum absolute atomic E-state index is 5.87. The summed E-state index contributed by atoms with van der Waals surface area (Å²) in [4.78, 5) is 0. The van der Waals surface area contributed by atoms with E-state index in [0.29, 0.717) is 0 Å². The highest BCUT2D eigenvalue weighted by Gasteiger charge is 2.22. The zero-order valence-electron chi connectivity index (χ0n) is 10.1. The van der Waals surface area contributed by atoms with Gasteiger partial charge in [0.25, 0.3) is 0 Å². The van der Waals surface area contributed by atoms with Gasteiger partial charge >= 0.3 is 0 Å². The number of halogens is 1. The average molecular weight is 296 g/mol. The van der Waals surface area contributed by atoms with Gasteiger partial charge in [-0.1, -0.05) is 28.1 Å². The van der Waals surface area contributed by atoms with Gasteiger partial charge in [-0.3, -0.25) is 0 Å². The van der Waals surface area contributed by atoms with Crippen LogP contribution in [0.5, 0.6) is 5.75 Å². The van der Waals surface area contributed by atoms with Gasteiger partial charge in [-0.2, -0.15) is 0 Å². The first-order chi connectivity index (χ1) is 8.29. The normalized spacial score (nSPS) is 18.4. The lowest BCUT2D eigenvalue weighted by molar-refractivity contribution is 0.228. The molecule has 0 radical (unpaired) electrons. The lowest BCUT2D eigenvalue weighted by atomic mass is 10.1. The van der Waals surface area contributed by atoms with E-state index in [1.165, 1.54) is 5.56 Å². The molecule has 0 aliphatic carbocycles. The Morgan fingerprint density at radius 3 is 3.24 bits per heavy atom. The van der Waals surface area contributed by atoms with E-state index in [1.54, 1.807) is 0 Å². The van der Waals surface area contributed by atoms with Gasteiger partial charge in [0.1, 0.15) is 11.9 Å². The Kier molecular flexibility index (Phi) is 4.63. The van der Waals surface area contributed by atoms with E-state index in [1.807, 2.05) is 12.1 Å². The minimum atomic E-state index is 0.282. The fourth-order valence-electron chi connectivity index (χ4n) is 2.02. The van der Waals surface area contributed by atoms with Crippen LogP contribution in [-0.2, 0) is 6.42 Å². The number of hydrogen-bond donors (Lipinski definition) is 1. The molecule has 1 atom stereocenters. The maximum Gasteiger partial charge on any atom is 0.123 e. The van der Waals surface area contributed by atoms with Gasteiger partial charge in [0, 0.05) is 17.4 Å². The SMILES string of the molecule is C/C=C/CCNCC1Cc2cc(Br)ccc2O1. The summed E-state index contributed by atoms with van der Waals surface area (Å²) in [5.41, 5.74) is 1.31. The van der Waals surface area contributed by atoms with E-state index >= 15 is 0 Å². The third kappa shape index (κ3) is 3.58. The third-order valence-electron chi connectivity index (χ3n) is 2.86. The van der Waals surface area contributed by atoms with E-state index in [4.69, 9.17) is 4.74 Å². The van der Waals surface area contributed by atoms with Crippen molar-refractivity contribution >= 4 is 15.9 Å². The van der Waals surface area contributed by atoms with Crippen LogP contribution in [0.4, 0.5) is 0 Å². The van der Waals surface area contributed by atoms with Crippen molar-refractivity contribution in [2.24, 2.45) is 0 Å². The molecule has 0 bridgehead atoms. The van der Waals surface area contributed by atoms with Gasteiger partial charge in [-0.25, -0.2) is 0 Å². The summed E-state index contributed by atoms with van der Waals surface area (Å²) in [6.07, 6.45) is 6.63. The maximum atomic E-state index is 5.87. The number of allylic oxidation sites excluding steroid dienone is 1. The molecule has 1 aromatic rings. The first-order valence-electron chi connectivity index (χ1n) is 6.06. The fraction of sp³-hybridized carbons (Fsp3) is 0.429. The fourth-order valence-corrected chi connectivity index (χ4v) is 2.43. The first-order valence-corrected chi connectivity index (χ1v) is 6.86. The molecule has 1 aliphatic heterocycles. The van der Waals surface area contributed by atoms with Crippen LogP contribution in [0.25, 0.3) is 0 Å². The minimum absolute atomic E-state index is 0.282. The molecule has 1 aromatic carbocycles. The zero-order chi connectivity index (χ0) is 12.1. The molecule has 2 rings (SSSR count). The highest BCUT2D eigenvalue weighted by atomic mass is 79.9. The summed E-state index contributed by atoms with van der Waals surface area (Å²) in [5, 5.41) is 3.42. The van der Waals surface area contributed by atoms with E-state index in [-0.39, 0.29) is 6.10 Å². The molecule has 3 heteroatoms. The van der Waals surface area contributed by atoms with Crippen molar-refractivity contribution in [2.45, 2.75) is 25.9 Å². The number of benzene rings is 1. The number of hydrogen-bond acceptors (Lipinski definition) is 2. The molecule has 0 saturated heterocycles. The smallest absolute Gasteiger partial charge is 0.123 e. The van der Waals surface area contributed by atoms with Gasteiger partial charge in [0.2, 0.25) is 0 Å². The van der Waals surface area contributed by atoms with Crippen LogP contribution < -0.4 is 10.1 Å². The summed E-state index contributed by atoms with van der Waals surface area (Å²) in [6, 6.07) is 6.22. The van der Waals surface area contributed by atoms with Gasteiger partial charge in [-0.05, 0) is 43.7 Å². The Hall–Kier alpha value is -0.800. The molecule has 0 aromatic heterocycles. The molecule has 0 amide bonds. The summed E-state index contributed by atoms with van der Waals surface area (Å²) in [5.74, 6) is 1.04. The molecule has 1 heterocycles.